The first-order valence-electron chi connectivity index (χ1n) is 4.10. The van der Waals surface area contributed by atoms with E-state index in [2.05, 4.69) is 12.2 Å². The molecule has 1 heterocycles. The molecule has 1 aromatic rings. The van der Waals surface area contributed by atoms with E-state index < -0.39 is 0 Å². The summed E-state index contributed by atoms with van der Waals surface area (Å²) in [5.41, 5.74) is 0. The third-order valence-corrected chi connectivity index (χ3v) is 1.73. The standard InChI is InChI=1S/C9H15NO2/c1-8(10-5-7-11-2)9-4-3-6-12-9/h3-4,6,8,10H,5,7H2,1-2H3/t8-/m1/s1. The Balaban J connectivity index is 2.25. The molecular weight excluding hydrogens is 154 g/mol. The first-order chi connectivity index (χ1) is 5.84. The Bertz CT molecular complexity index is 196. The van der Waals surface area contributed by atoms with Crippen molar-refractivity contribution < 1.29 is 9.15 Å². The summed E-state index contributed by atoms with van der Waals surface area (Å²) < 4.78 is 10.1. The van der Waals surface area contributed by atoms with Crippen LogP contribution < -0.4 is 5.32 Å². The van der Waals surface area contributed by atoms with E-state index in [9.17, 15) is 0 Å². The predicted molar refractivity (Wildman–Crippen MR) is 47.0 cm³/mol. The van der Waals surface area contributed by atoms with Crippen molar-refractivity contribution in [1.82, 2.24) is 5.32 Å². The lowest BCUT2D eigenvalue weighted by atomic mass is 10.2. The summed E-state index contributed by atoms with van der Waals surface area (Å²) in [4.78, 5) is 0. The van der Waals surface area contributed by atoms with Gasteiger partial charge in [0, 0.05) is 13.7 Å². The van der Waals surface area contributed by atoms with Crippen LogP contribution in [-0.2, 0) is 4.74 Å². The molecule has 1 rings (SSSR count). The number of methoxy groups -OCH3 is 1. The molecule has 3 nitrogen and oxygen atoms in total. The SMILES string of the molecule is COCCN[C@H](C)c1ccco1. The van der Waals surface area contributed by atoms with Crippen LogP contribution in [0.15, 0.2) is 22.8 Å². The number of hydrogen-bond donors (Lipinski definition) is 1. The molecule has 0 amide bonds. The van der Waals surface area contributed by atoms with Crippen LogP contribution in [0, 0.1) is 0 Å². The lowest BCUT2D eigenvalue weighted by Crippen LogP contribution is -2.22. The molecule has 0 fully saturated rings. The van der Waals surface area contributed by atoms with Crippen molar-refractivity contribution in [3.05, 3.63) is 24.2 Å². The van der Waals surface area contributed by atoms with Crippen molar-refractivity contribution in [3.63, 3.8) is 0 Å². The second-order valence-corrected chi connectivity index (χ2v) is 2.68. The van der Waals surface area contributed by atoms with Crippen molar-refractivity contribution in [3.8, 4) is 0 Å². The minimum Gasteiger partial charge on any atom is -0.468 e. The lowest BCUT2D eigenvalue weighted by Gasteiger charge is -2.09. The average molecular weight is 169 g/mol. The lowest BCUT2D eigenvalue weighted by molar-refractivity contribution is 0.195. The summed E-state index contributed by atoms with van der Waals surface area (Å²) in [6.45, 7) is 3.64. The molecule has 0 saturated carbocycles. The van der Waals surface area contributed by atoms with Crippen LogP contribution in [0.5, 0.6) is 0 Å². The smallest absolute Gasteiger partial charge is 0.120 e. The maximum absolute atomic E-state index is 5.22. The van der Waals surface area contributed by atoms with Crippen molar-refractivity contribution >= 4 is 0 Å². The molecule has 0 aliphatic carbocycles. The Morgan fingerprint density at radius 3 is 3.08 bits per heavy atom. The molecule has 1 aromatic heterocycles. The zero-order valence-corrected chi connectivity index (χ0v) is 7.54. The molecule has 0 radical (unpaired) electrons. The van der Waals surface area contributed by atoms with E-state index in [1.807, 2.05) is 12.1 Å². The van der Waals surface area contributed by atoms with Crippen LogP contribution in [-0.4, -0.2) is 20.3 Å². The zero-order valence-electron chi connectivity index (χ0n) is 7.54. The van der Waals surface area contributed by atoms with Gasteiger partial charge in [-0.05, 0) is 19.1 Å². The summed E-state index contributed by atoms with van der Waals surface area (Å²) in [6, 6.07) is 4.11. The summed E-state index contributed by atoms with van der Waals surface area (Å²) in [7, 11) is 1.69. The highest BCUT2D eigenvalue weighted by molar-refractivity contribution is 5.02. The van der Waals surface area contributed by atoms with Gasteiger partial charge in [0.05, 0.1) is 18.9 Å². The first-order valence-corrected chi connectivity index (χ1v) is 4.10. The van der Waals surface area contributed by atoms with Crippen LogP contribution in [0.3, 0.4) is 0 Å². The van der Waals surface area contributed by atoms with Crippen LogP contribution in [0.1, 0.15) is 18.7 Å². The van der Waals surface area contributed by atoms with E-state index >= 15 is 0 Å². The van der Waals surface area contributed by atoms with Crippen molar-refractivity contribution in [1.29, 1.82) is 0 Å². The fourth-order valence-electron chi connectivity index (χ4n) is 1.02. The Kier molecular flexibility index (Phi) is 3.84. The molecule has 1 atom stereocenters. The predicted octanol–water partition coefficient (Wildman–Crippen LogP) is 1.58. The first kappa shape index (κ1) is 9.29. The van der Waals surface area contributed by atoms with Gasteiger partial charge in [0.2, 0.25) is 0 Å². The van der Waals surface area contributed by atoms with Gasteiger partial charge in [0.25, 0.3) is 0 Å². The Labute approximate surface area is 72.7 Å². The van der Waals surface area contributed by atoms with E-state index in [0.717, 1.165) is 18.9 Å². The molecule has 0 spiro atoms. The Morgan fingerprint density at radius 1 is 1.67 bits per heavy atom. The van der Waals surface area contributed by atoms with Gasteiger partial charge in [0.15, 0.2) is 0 Å². The van der Waals surface area contributed by atoms with E-state index in [1.165, 1.54) is 0 Å². The largest absolute Gasteiger partial charge is 0.468 e. The van der Waals surface area contributed by atoms with Crippen molar-refractivity contribution in [2.24, 2.45) is 0 Å². The van der Waals surface area contributed by atoms with Crippen LogP contribution in [0.25, 0.3) is 0 Å². The van der Waals surface area contributed by atoms with Gasteiger partial charge in [-0.1, -0.05) is 0 Å². The number of furan rings is 1. The summed E-state index contributed by atoms with van der Waals surface area (Å²) >= 11 is 0. The highest BCUT2D eigenvalue weighted by Crippen LogP contribution is 2.11. The topological polar surface area (TPSA) is 34.4 Å². The molecule has 0 aromatic carbocycles. The molecule has 0 aliphatic heterocycles. The second kappa shape index (κ2) is 4.95. The number of nitrogens with one attached hydrogen (secondary N) is 1. The number of ether oxygens (including phenoxy) is 1. The van der Waals surface area contributed by atoms with E-state index in [4.69, 9.17) is 9.15 Å². The fraction of sp³-hybridized carbons (Fsp3) is 0.556. The molecule has 68 valence electrons. The monoisotopic (exact) mass is 169 g/mol. The molecular formula is C9H15NO2. The van der Waals surface area contributed by atoms with Gasteiger partial charge in [0.1, 0.15) is 5.76 Å². The molecule has 0 aliphatic rings. The molecule has 0 bridgehead atoms. The second-order valence-electron chi connectivity index (χ2n) is 2.68. The van der Waals surface area contributed by atoms with Gasteiger partial charge in [-0.25, -0.2) is 0 Å². The highest BCUT2D eigenvalue weighted by Gasteiger charge is 2.05. The molecule has 3 heteroatoms. The van der Waals surface area contributed by atoms with Crippen LogP contribution in [0.2, 0.25) is 0 Å². The van der Waals surface area contributed by atoms with Crippen LogP contribution >= 0.6 is 0 Å². The highest BCUT2D eigenvalue weighted by atomic mass is 16.5. The van der Waals surface area contributed by atoms with E-state index in [1.54, 1.807) is 13.4 Å². The molecule has 1 N–H and O–H groups in total. The van der Waals surface area contributed by atoms with Crippen LogP contribution in [0.4, 0.5) is 0 Å². The molecule has 0 saturated heterocycles. The summed E-state index contributed by atoms with van der Waals surface area (Å²) in [6.07, 6.45) is 1.68. The number of rotatable bonds is 5. The van der Waals surface area contributed by atoms with Gasteiger partial charge >= 0.3 is 0 Å². The maximum atomic E-state index is 5.22. The van der Waals surface area contributed by atoms with Gasteiger partial charge in [-0.15, -0.1) is 0 Å². The van der Waals surface area contributed by atoms with Gasteiger partial charge in [-0.3, -0.25) is 0 Å². The molecule has 12 heavy (non-hydrogen) atoms. The normalized spacial score (nSPS) is 13.2. The minimum atomic E-state index is 0.259. The minimum absolute atomic E-state index is 0.259. The third-order valence-electron chi connectivity index (χ3n) is 1.73. The van der Waals surface area contributed by atoms with Crippen molar-refractivity contribution in [2.75, 3.05) is 20.3 Å². The quantitative estimate of drug-likeness (QED) is 0.679. The average Bonchev–Trinajstić information content (AvgIpc) is 2.56. The number of hydrogen-bond acceptors (Lipinski definition) is 3. The zero-order chi connectivity index (χ0) is 8.81. The van der Waals surface area contributed by atoms with Gasteiger partial charge in [-0.2, -0.15) is 0 Å². The Morgan fingerprint density at radius 2 is 2.50 bits per heavy atom. The maximum Gasteiger partial charge on any atom is 0.120 e. The van der Waals surface area contributed by atoms with Gasteiger partial charge < -0.3 is 14.5 Å². The Hall–Kier alpha value is -0.800. The van der Waals surface area contributed by atoms with E-state index in [-0.39, 0.29) is 6.04 Å². The van der Waals surface area contributed by atoms with E-state index in [0.29, 0.717) is 0 Å². The third kappa shape index (κ3) is 2.68. The fourth-order valence-corrected chi connectivity index (χ4v) is 1.02. The summed E-state index contributed by atoms with van der Waals surface area (Å²) in [5, 5.41) is 3.27. The summed E-state index contributed by atoms with van der Waals surface area (Å²) in [5.74, 6) is 0.964. The molecule has 0 unspecified atom stereocenters. The van der Waals surface area contributed by atoms with Crippen molar-refractivity contribution in [2.45, 2.75) is 13.0 Å².